The van der Waals surface area contributed by atoms with Crippen molar-refractivity contribution in [3.63, 3.8) is 0 Å². The van der Waals surface area contributed by atoms with Gasteiger partial charge in [-0.1, -0.05) is 25.1 Å². The Hall–Kier alpha value is -3.87. The van der Waals surface area contributed by atoms with Gasteiger partial charge in [0.2, 0.25) is 5.13 Å². The summed E-state index contributed by atoms with van der Waals surface area (Å²) in [6.45, 7) is 3.68. The Balaban J connectivity index is 1.52. The molecular formula is C32H28F3N3O4S2. The minimum atomic E-state index is -3.10. The molecule has 2 aromatic heterocycles. The van der Waals surface area contributed by atoms with Crippen LogP contribution in [0, 0.1) is 11.6 Å². The zero-order valence-electron chi connectivity index (χ0n) is 23.9. The van der Waals surface area contributed by atoms with Gasteiger partial charge in [-0.15, -0.1) is 15.5 Å². The summed E-state index contributed by atoms with van der Waals surface area (Å²) in [5.41, 5.74) is 2.68. The van der Waals surface area contributed by atoms with E-state index in [0.29, 0.717) is 27.5 Å². The second kappa shape index (κ2) is 11.9. The minimum Gasteiger partial charge on any atom is -0.612 e. The molecule has 2 heterocycles. The second-order valence-electron chi connectivity index (χ2n) is 11.1. The third-order valence-corrected chi connectivity index (χ3v) is 9.44. The van der Waals surface area contributed by atoms with E-state index in [2.05, 4.69) is 4.98 Å². The van der Waals surface area contributed by atoms with Gasteiger partial charge < -0.3 is 9.29 Å². The fourth-order valence-corrected chi connectivity index (χ4v) is 6.78. The molecule has 2 atom stereocenters. The van der Waals surface area contributed by atoms with Crippen molar-refractivity contribution in [1.82, 2.24) is 14.8 Å². The van der Waals surface area contributed by atoms with Crippen molar-refractivity contribution < 1.29 is 31.5 Å². The highest BCUT2D eigenvalue weighted by atomic mass is 32.2. The number of hydrogen-bond donors (Lipinski definition) is 0. The summed E-state index contributed by atoms with van der Waals surface area (Å²) in [6.07, 6.45) is 6.66. The van der Waals surface area contributed by atoms with Gasteiger partial charge in [-0.2, -0.15) is 5.10 Å². The molecular weight excluding hydrogens is 611 g/mol. The molecule has 4 aromatic rings. The van der Waals surface area contributed by atoms with Gasteiger partial charge in [0.1, 0.15) is 11.6 Å². The molecule has 12 heteroatoms. The summed E-state index contributed by atoms with van der Waals surface area (Å²) in [7, 11) is 0. The van der Waals surface area contributed by atoms with Crippen LogP contribution in [-0.4, -0.2) is 31.9 Å². The van der Waals surface area contributed by atoms with E-state index in [9.17, 15) is 22.3 Å². The average Bonchev–Trinajstić information content (AvgIpc) is 3.56. The normalized spacial score (nSPS) is 18.7. The first-order valence-corrected chi connectivity index (χ1v) is 16.2. The van der Waals surface area contributed by atoms with Crippen LogP contribution in [0.5, 0.6) is 0 Å². The Kier molecular flexibility index (Phi) is 8.16. The molecule has 0 radical (unpaired) electrons. The molecule has 0 amide bonds. The number of halogens is 3. The molecule has 7 nitrogen and oxygen atoms in total. The van der Waals surface area contributed by atoms with Crippen molar-refractivity contribution in [2.24, 2.45) is 0 Å². The fourth-order valence-electron chi connectivity index (χ4n) is 5.59. The Morgan fingerprint density at radius 2 is 1.98 bits per heavy atom. The van der Waals surface area contributed by atoms with E-state index in [-0.39, 0.29) is 36.9 Å². The summed E-state index contributed by atoms with van der Waals surface area (Å²) in [5, 5.41) is 6.97. The largest absolute Gasteiger partial charge is 0.612 e. The molecule has 0 spiro atoms. The number of carbonyl (C=O) groups excluding carboxylic acids is 1. The molecule has 6 rings (SSSR count). The van der Waals surface area contributed by atoms with Gasteiger partial charge >= 0.3 is 5.97 Å². The summed E-state index contributed by atoms with van der Waals surface area (Å²) in [4.78, 5) is 16.5. The molecule has 0 N–H and O–H groups in total. The van der Waals surface area contributed by atoms with Gasteiger partial charge in [-0.05, 0) is 67.3 Å². The van der Waals surface area contributed by atoms with Crippen molar-refractivity contribution in [1.29, 1.82) is 0 Å². The average molecular weight is 640 g/mol. The lowest BCUT2D eigenvalue weighted by molar-refractivity contribution is 0.0520. The lowest BCUT2D eigenvalue weighted by Gasteiger charge is -2.28. The fraction of sp³-hybridized carbons (Fsp3) is 0.281. The maximum atomic E-state index is 15.3. The smallest absolute Gasteiger partial charge is 0.357 e. The highest BCUT2D eigenvalue weighted by molar-refractivity contribution is 7.79. The summed E-state index contributed by atoms with van der Waals surface area (Å²) >= 11 is -1.88. The summed E-state index contributed by atoms with van der Waals surface area (Å²) in [6, 6.07) is 8.59. The third-order valence-electron chi connectivity index (χ3n) is 7.87. The van der Waals surface area contributed by atoms with Gasteiger partial charge in [0.05, 0.1) is 29.1 Å². The van der Waals surface area contributed by atoms with Crippen molar-refractivity contribution in [3.8, 4) is 16.4 Å². The Morgan fingerprint density at radius 1 is 1.18 bits per heavy atom. The quantitative estimate of drug-likeness (QED) is 0.109. The van der Waals surface area contributed by atoms with Gasteiger partial charge in [0, 0.05) is 40.7 Å². The van der Waals surface area contributed by atoms with Gasteiger partial charge in [0.15, 0.2) is 16.4 Å². The van der Waals surface area contributed by atoms with E-state index < -0.39 is 39.0 Å². The van der Waals surface area contributed by atoms with Crippen LogP contribution in [0.1, 0.15) is 71.9 Å². The number of esters is 1. The standard InChI is InChI=1S/C32H28F3N3O4S2/c1-3-42-30(39)26-17-43-31(36-26)38-29(19-7-8-19)22(13-18-6-11-27(44(40)41)25(35)14-18)28(37-38)20-9-10-24(34)23(15-20)32(2)12-4-5-21(33)16-32/h4-6,9-12,14-15,17,19,44H,3,7-8,13,16H2,1-2H3. The first-order chi connectivity index (χ1) is 21.1. The Morgan fingerprint density at radius 3 is 2.66 bits per heavy atom. The van der Waals surface area contributed by atoms with Crippen LogP contribution in [0.3, 0.4) is 0 Å². The number of rotatable bonds is 9. The zero-order valence-corrected chi connectivity index (χ0v) is 25.6. The van der Waals surface area contributed by atoms with Crippen LogP contribution < -0.4 is 0 Å². The van der Waals surface area contributed by atoms with Gasteiger partial charge in [-0.3, -0.25) is 0 Å². The highest BCUT2D eigenvalue weighted by Crippen LogP contribution is 2.46. The van der Waals surface area contributed by atoms with Crippen molar-refractivity contribution in [2.45, 2.75) is 55.8 Å². The van der Waals surface area contributed by atoms with E-state index in [1.54, 1.807) is 54.3 Å². The van der Waals surface area contributed by atoms with Crippen LogP contribution in [-0.2, 0) is 31.9 Å². The zero-order chi connectivity index (χ0) is 31.2. The van der Waals surface area contributed by atoms with E-state index in [1.807, 2.05) is 0 Å². The molecule has 2 aliphatic carbocycles. The van der Waals surface area contributed by atoms with Gasteiger partial charge in [0.25, 0.3) is 0 Å². The van der Waals surface area contributed by atoms with Crippen LogP contribution in [0.4, 0.5) is 13.2 Å². The number of ether oxygens (including phenoxy) is 1. The van der Waals surface area contributed by atoms with E-state index in [4.69, 9.17) is 9.84 Å². The van der Waals surface area contributed by atoms with Crippen molar-refractivity contribution in [2.75, 3.05) is 6.61 Å². The monoisotopic (exact) mass is 639 g/mol. The maximum Gasteiger partial charge on any atom is 0.357 e. The molecule has 2 aromatic carbocycles. The van der Waals surface area contributed by atoms with E-state index in [1.165, 1.54) is 35.6 Å². The van der Waals surface area contributed by atoms with Crippen LogP contribution in [0.15, 0.2) is 70.7 Å². The van der Waals surface area contributed by atoms with Crippen LogP contribution in [0.25, 0.3) is 16.4 Å². The number of thiazole rings is 1. The van der Waals surface area contributed by atoms with Gasteiger partial charge in [-0.25, -0.2) is 27.6 Å². The highest BCUT2D eigenvalue weighted by Gasteiger charge is 2.36. The van der Waals surface area contributed by atoms with Crippen LogP contribution in [0.2, 0.25) is 0 Å². The number of allylic oxidation sites excluding steroid dienone is 4. The van der Waals surface area contributed by atoms with Crippen molar-refractivity contribution in [3.05, 3.63) is 106 Å². The Bertz CT molecular complexity index is 1860. The maximum absolute atomic E-state index is 15.3. The summed E-state index contributed by atoms with van der Waals surface area (Å²) in [5.74, 6) is -2.13. The third kappa shape index (κ3) is 5.81. The summed E-state index contributed by atoms with van der Waals surface area (Å²) < 4.78 is 74.1. The number of aromatic nitrogens is 3. The molecule has 44 heavy (non-hydrogen) atoms. The molecule has 2 unspecified atom stereocenters. The number of nitrogens with zero attached hydrogens (tertiary/aromatic N) is 3. The molecule has 0 saturated heterocycles. The number of carbonyl (C=O) groups is 1. The predicted molar refractivity (Wildman–Crippen MR) is 161 cm³/mol. The first kappa shape index (κ1) is 30.2. The van der Waals surface area contributed by atoms with Crippen molar-refractivity contribution >= 4 is 28.4 Å². The lowest BCUT2D eigenvalue weighted by atomic mass is 9.76. The van der Waals surface area contributed by atoms with E-state index >= 15 is 4.39 Å². The molecule has 0 bridgehead atoms. The molecule has 2 aliphatic rings. The molecule has 1 fully saturated rings. The first-order valence-electron chi connectivity index (χ1n) is 14.1. The molecule has 1 saturated carbocycles. The number of hydrogen-bond acceptors (Lipinski definition) is 7. The van der Waals surface area contributed by atoms with Crippen LogP contribution >= 0.6 is 11.3 Å². The topological polar surface area (TPSA) is 97.1 Å². The SMILES string of the molecule is CCOC(=O)c1csc(-n2nc(-c3ccc(F)c(C4(C)C=CC=C(F)C4)c3)c(Cc3ccc([SH+](=O)[O-])c(F)c3)c2C2CC2)n1. The lowest BCUT2D eigenvalue weighted by Crippen LogP contribution is -2.22. The molecule has 228 valence electrons. The predicted octanol–water partition coefficient (Wildman–Crippen LogP) is 7.18. The van der Waals surface area contributed by atoms with E-state index in [0.717, 1.165) is 24.1 Å². The number of benzene rings is 2. The Labute approximate surface area is 258 Å². The minimum absolute atomic E-state index is 0.00183. The second-order valence-corrected chi connectivity index (χ2v) is 12.9. The number of thiol groups is 1. The molecule has 0 aliphatic heterocycles.